The molecule has 1 aromatic heterocycles. The van der Waals surface area contributed by atoms with E-state index in [0.29, 0.717) is 16.3 Å². The SMILES string of the molecule is Cn1cc(C(=O)Nc2ccc(Cl)cc2)ccc1=O. The van der Waals surface area contributed by atoms with Crippen LogP contribution in [0.15, 0.2) is 47.4 Å². The normalized spacial score (nSPS) is 10.1. The minimum atomic E-state index is -0.270. The molecule has 0 saturated carbocycles. The summed E-state index contributed by atoms with van der Waals surface area (Å²) in [6.45, 7) is 0. The number of halogens is 1. The van der Waals surface area contributed by atoms with Gasteiger partial charge in [-0.2, -0.15) is 0 Å². The molecule has 18 heavy (non-hydrogen) atoms. The molecular formula is C13H11ClN2O2. The molecule has 1 N–H and O–H groups in total. The highest BCUT2D eigenvalue weighted by atomic mass is 35.5. The van der Waals surface area contributed by atoms with Crippen LogP contribution >= 0.6 is 11.6 Å². The van der Waals surface area contributed by atoms with Crippen LogP contribution < -0.4 is 10.9 Å². The molecule has 1 aromatic carbocycles. The molecule has 92 valence electrons. The first-order valence-corrected chi connectivity index (χ1v) is 5.67. The first-order valence-electron chi connectivity index (χ1n) is 5.30. The highest BCUT2D eigenvalue weighted by Gasteiger charge is 2.06. The van der Waals surface area contributed by atoms with Crippen LogP contribution in [0.3, 0.4) is 0 Å². The van der Waals surface area contributed by atoms with Gasteiger partial charge in [0.2, 0.25) is 5.56 Å². The maximum absolute atomic E-state index is 11.9. The summed E-state index contributed by atoms with van der Waals surface area (Å²) in [6.07, 6.45) is 1.49. The number of rotatable bonds is 2. The molecule has 0 spiro atoms. The molecule has 0 aliphatic rings. The lowest BCUT2D eigenvalue weighted by atomic mass is 10.2. The van der Waals surface area contributed by atoms with Gasteiger partial charge in [-0.15, -0.1) is 0 Å². The highest BCUT2D eigenvalue weighted by Crippen LogP contribution is 2.14. The van der Waals surface area contributed by atoms with Crippen LogP contribution in [0.25, 0.3) is 0 Å². The van der Waals surface area contributed by atoms with Crippen molar-refractivity contribution in [1.29, 1.82) is 0 Å². The number of nitrogens with zero attached hydrogens (tertiary/aromatic N) is 1. The monoisotopic (exact) mass is 262 g/mol. The van der Waals surface area contributed by atoms with Crippen LogP contribution in [0.1, 0.15) is 10.4 Å². The van der Waals surface area contributed by atoms with Crippen LogP contribution in [0, 0.1) is 0 Å². The zero-order chi connectivity index (χ0) is 13.1. The molecule has 0 fully saturated rings. The van der Waals surface area contributed by atoms with E-state index in [4.69, 9.17) is 11.6 Å². The molecule has 0 bridgehead atoms. The van der Waals surface area contributed by atoms with E-state index in [1.807, 2.05) is 0 Å². The zero-order valence-corrected chi connectivity index (χ0v) is 10.4. The number of aromatic nitrogens is 1. The van der Waals surface area contributed by atoms with Crippen molar-refractivity contribution in [3.8, 4) is 0 Å². The third kappa shape index (κ3) is 2.78. The van der Waals surface area contributed by atoms with Crippen molar-refractivity contribution in [3.05, 3.63) is 63.5 Å². The van der Waals surface area contributed by atoms with Crippen molar-refractivity contribution in [1.82, 2.24) is 4.57 Å². The van der Waals surface area contributed by atoms with Crippen molar-refractivity contribution < 1.29 is 4.79 Å². The van der Waals surface area contributed by atoms with Gasteiger partial charge < -0.3 is 9.88 Å². The fraction of sp³-hybridized carbons (Fsp3) is 0.0769. The molecule has 4 nitrogen and oxygen atoms in total. The molecule has 0 unspecified atom stereocenters. The topological polar surface area (TPSA) is 51.1 Å². The Bertz CT molecular complexity index is 632. The smallest absolute Gasteiger partial charge is 0.257 e. The second-order valence-corrected chi connectivity index (χ2v) is 4.26. The second kappa shape index (κ2) is 5.06. The molecule has 0 aliphatic heterocycles. The van der Waals surface area contributed by atoms with E-state index in [2.05, 4.69) is 5.32 Å². The molecule has 2 aromatic rings. The quantitative estimate of drug-likeness (QED) is 0.903. The number of aryl methyl sites for hydroxylation is 1. The Kier molecular flexibility index (Phi) is 3.48. The standard InChI is InChI=1S/C13H11ClN2O2/c1-16-8-9(2-7-12(16)17)13(18)15-11-5-3-10(14)4-6-11/h2-8H,1H3,(H,15,18). The van der Waals surface area contributed by atoms with Crippen LogP contribution in [0.5, 0.6) is 0 Å². The number of amides is 1. The number of carbonyl (C=O) groups excluding carboxylic acids is 1. The molecule has 2 rings (SSSR count). The van der Waals surface area contributed by atoms with E-state index < -0.39 is 0 Å². The number of benzene rings is 1. The summed E-state index contributed by atoms with van der Waals surface area (Å²) in [5, 5.41) is 3.33. The summed E-state index contributed by atoms with van der Waals surface area (Å²) >= 11 is 5.75. The molecule has 5 heteroatoms. The van der Waals surface area contributed by atoms with Gasteiger partial charge in [0.1, 0.15) is 0 Å². The van der Waals surface area contributed by atoms with Crippen LogP contribution in [0.4, 0.5) is 5.69 Å². The Morgan fingerprint density at radius 3 is 2.44 bits per heavy atom. The fourth-order valence-corrected chi connectivity index (χ4v) is 1.59. The van der Waals surface area contributed by atoms with Gasteiger partial charge in [0.15, 0.2) is 0 Å². The Morgan fingerprint density at radius 1 is 1.17 bits per heavy atom. The van der Waals surface area contributed by atoms with Gasteiger partial charge in [-0.25, -0.2) is 0 Å². The number of anilines is 1. The predicted octanol–water partition coefficient (Wildman–Crippen LogP) is 2.29. The van der Waals surface area contributed by atoms with Gasteiger partial charge in [0, 0.05) is 30.0 Å². The van der Waals surface area contributed by atoms with Crippen molar-refractivity contribution in [3.63, 3.8) is 0 Å². The zero-order valence-electron chi connectivity index (χ0n) is 9.68. The van der Waals surface area contributed by atoms with E-state index in [1.165, 1.54) is 22.9 Å². The van der Waals surface area contributed by atoms with Gasteiger partial charge in [-0.3, -0.25) is 9.59 Å². The second-order valence-electron chi connectivity index (χ2n) is 3.83. The van der Waals surface area contributed by atoms with Gasteiger partial charge >= 0.3 is 0 Å². The summed E-state index contributed by atoms with van der Waals surface area (Å²) in [7, 11) is 1.60. The Morgan fingerprint density at radius 2 is 1.83 bits per heavy atom. The number of pyridine rings is 1. The summed E-state index contributed by atoms with van der Waals surface area (Å²) in [5.41, 5.74) is 0.920. The first kappa shape index (κ1) is 12.4. The summed E-state index contributed by atoms with van der Waals surface area (Å²) in [6, 6.07) is 9.66. The Balaban J connectivity index is 2.19. The fourth-order valence-electron chi connectivity index (χ4n) is 1.46. The van der Waals surface area contributed by atoms with Crippen LogP contribution in [-0.4, -0.2) is 10.5 Å². The van der Waals surface area contributed by atoms with E-state index in [0.717, 1.165) is 0 Å². The number of nitrogens with one attached hydrogen (secondary N) is 1. The molecular weight excluding hydrogens is 252 g/mol. The van der Waals surface area contributed by atoms with Gasteiger partial charge in [0.25, 0.3) is 5.91 Å². The van der Waals surface area contributed by atoms with E-state index >= 15 is 0 Å². The molecule has 1 amide bonds. The summed E-state index contributed by atoms with van der Waals surface area (Å²) in [4.78, 5) is 23.1. The van der Waals surface area contributed by atoms with Crippen molar-refractivity contribution in [2.24, 2.45) is 7.05 Å². The van der Waals surface area contributed by atoms with Crippen molar-refractivity contribution >= 4 is 23.2 Å². The van der Waals surface area contributed by atoms with Gasteiger partial charge in [-0.1, -0.05) is 11.6 Å². The maximum Gasteiger partial charge on any atom is 0.257 e. The van der Waals surface area contributed by atoms with Crippen LogP contribution in [0.2, 0.25) is 5.02 Å². The number of carbonyl (C=O) groups is 1. The predicted molar refractivity (Wildman–Crippen MR) is 71.1 cm³/mol. The number of hydrogen-bond acceptors (Lipinski definition) is 2. The molecule has 0 atom stereocenters. The van der Waals surface area contributed by atoms with Gasteiger partial charge in [-0.05, 0) is 30.3 Å². The minimum Gasteiger partial charge on any atom is -0.322 e. The summed E-state index contributed by atoms with van der Waals surface area (Å²) < 4.78 is 1.36. The highest BCUT2D eigenvalue weighted by molar-refractivity contribution is 6.30. The van der Waals surface area contributed by atoms with Crippen molar-refractivity contribution in [2.75, 3.05) is 5.32 Å². The lowest BCUT2D eigenvalue weighted by molar-refractivity contribution is 0.102. The average Bonchev–Trinajstić information content (AvgIpc) is 2.35. The van der Waals surface area contributed by atoms with Crippen LogP contribution in [-0.2, 0) is 7.05 Å². The van der Waals surface area contributed by atoms with Gasteiger partial charge in [0.05, 0.1) is 5.56 Å². The minimum absolute atomic E-state index is 0.155. The van der Waals surface area contributed by atoms with E-state index in [1.54, 1.807) is 31.3 Å². The molecule has 0 aliphatic carbocycles. The van der Waals surface area contributed by atoms with Crippen molar-refractivity contribution in [2.45, 2.75) is 0 Å². The first-order chi connectivity index (χ1) is 8.56. The third-order valence-electron chi connectivity index (χ3n) is 2.45. The number of hydrogen-bond donors (Lipinski definition) is 1. The average molecular weight is 263 g/mol. The largest absolute Gasteiger partial charge is 0.322 e. The molecule has 1 heterocycles. The third-order valence-corrected chi connectivity index (χ3v) is 2.70. The summed E-state index contributed by atoms with van der Waals surface area (Å²) in [5.74, 6) is -0.270. The van der Waals surface area contributed by atoms with E-state index in [9.17, 15) is 9.59 Å². The lowest BCUT2D eigenvalue weighted by Gasteiger charge is -2.06. The maximum atomic E-state index is 11.9. The Labute approximate surface area is 109 Å². The molecule has 0 saturated heterocycles. The van der Waals surface area contributed by atoms with E-state index in [-0.39, 0.29) is 11.5 Å². The lowest BCUT2D eigenvalue weighted by Crippen LogP contribution is -2.19. The molecule has 0 radical (unpaired) electrons. The Hall–Kier alpha value is -2.07.